The van der Waals surface area contributed by atoms with Gasteiger partial charge in [0.1, 0.15) is 0 Å². The van der Waals surface area contributed by atoms with E-state index in [4.69, 9.17) is 5.73 Å². The normalized spacial score (nSPS) is 10.6. The Kier molecular flexibility index (Phi) is 8.07. The highest BCUT2D eigenvalue weighted by Gasteiger charge is 1.76. The van der Waals surface area contributed by atoms with Crippen LogP contribution in [0.15, 0.2) is 12.3 Å². The molecule has 0 saturated carbocycles. The second-order valence-electron chi connectivity index (χ2n) is 2.29. The van der Waals surface area contributed by atoms with Gasteiger partial charge in [-0.3, -0.25) is 0 Å². The summed E-state index contributed by atoms with van der Waals surface area (Å²) in [5, 5.41) is 3.09. The Labute approximate surface area is 63.5 Å². The van der Waals surface area contributed by atoms with Crippen molar-refractivity contribution in [1.29, 1.82) is 0 Å². The van der Waals surface area contributed by atoms with E-state index in [9.17, 15) is 0 Å². The van der Waals surface area contributed by atoms with Crippen molar-refractivity contribution in [2.75, 3.05) is 13.1 Å². The smallest absolute Gasteiger partial charge is 0.0264 e. The predicted molar refractivity (Wildman–Crippen MR) is 45.7 cm³/mol. The van der Waals surface area contributed by atoms with Crippen LogP contribution < -0.4 is 11.1 Å². The summed E-state index contributed by atoms with van der Waals surface area (Å²) in [5.74, 6) is 0. The van der Waals surface area contributed by atoms with Crippen molar-refractivity contribution in [3.8, 4) is 0 Å². The third-order valence-corrected chi connectivity index (χ3v) is 1.25. The van der Waals surface area contributed by atoms with Crippen molar-refractivity contribution < 1.29 is 0 Å². The van der Waals surface area contributed by atoms with Crippen LogP contribution in [0.2, 0.25) is 0 Å². The minimum Gasteiger partial charge on any atom is -0.390 e. The molecule has 2 heteroatoms. The first-order valence-corrected chi connectivity index (χ1v) is 4.00. The summed E-state index contributed by atoms with van der Waals surface area (Å²) < 4.78 is 0. The van der Waals surface area contributed by atoms with E-state index in [-0.39, 0.29) is 0 Å². The van der Waals surface area contributed by atoms with E-state index in [1.54, 1.807) is 0 Å². The third kappa shape index (κ3) is 7.50. The largest absolute Gasteiger partial charge is 0.390 e. The Hall–Kier alpha value is -0.500. The van der Waals surface area contributed by atoms with Crippen molar-refractivity contribution in [1.82, 2.24) is 5.32 Å². The first-order chi connectivity index (χ1) is 4.91. The second-order valence-corrected chi connectivity index (χ2v) is 2.29. The Balaban J connectivity index is 2.89. The van der Waals surface area contributed by atoms with Gasteiger partial charge < -0.3 is 11.1 Å². The van der Waals surface area contributed by atoms with Crippen molar-refractivity contribution in [3.63, 3.8) is 0 Å². The average Bonchev–Trinajstić information content (AvgIpc) is 1.97. The molecular formula is C8H18N2. The monoisotopic (exact) mass is 142 g/mol. The van der Waals surface area contributed by atoms with Crippen molar-refractivity contribution in [3.05, 3.63) is 12.3 Å². The quantitative estimate of drug-likeness (QED) is 0.547. The first kappa shape index (κ1) is 9.50. The zero-order valence-electron chi connectivity index (χ0n) is 6.77. The van der Waals surface area contributed by atoms with Crippen molar-refractivity contribution >= 4 is 0 Å². The fourth-order valence-electron chi connectivity index (χ4n) is 0.655. The van der Waals surface area contributed by atoms with Gasteiger partial charge in [0.15, 0.2) is 0 Å². The Morgan fingerprint density at radius 3 is 2.90 bits per heavy atom. The third-order valence-electron chi connectivity index (χ3n) is 1.25. The molecule has 0 rings (SSSR count). The van der Waals surface area contributed by atoms with Crippen LogP contribution in [0.3, 0.4) is 0 Å². The van der Waals surface area contributed by atoms with Crippen LogP contribution in [0.5, 0.6) is 0 Å². The van der Waals surface area contributed by atoms with Crippen LogP contribution in [-0.4, -0.2) is 13.1 Å². The van der Waals surface area contributed by atoms with Gasteiger partial charge in [0, 0.05) is 13.1 Å². The van der Waals surface area contributed by atoms with E-state index < -0.39 is 0 Å². The number of hydrogen-bond acceptors (Lipinski definition) is 2. The van der Waals surface area contributed by atoms with Gasteiger partial charge in [-0.15, -0.1) is 0 Å². The molecule has 0 heterocycles. The summed E-state index contributed by atoms with van der Waals surface area (Å²) in [7, 11) is 0. The van der Waals surface area contributed by atoms with Crippen LogP contribution >= 0.6 is 0 Å². The molecule has 2 nitrogen and oxygen atoms in total. The molecule has 0 aliphatic carbocycles. The van der Waals surface area contributed by atoms with Crippen LogP contribution in [0, 0.1) is 0 Å². The zero-order valence-corrected chi connectivity index (χ0v) is 6.77. The molecule has 0 spiro atoms. The molecule has 0 atom stereocenters. The first-order valence-electron chi connectivity index (χ1n) is 4.00. The van der Waals surface area contributed by atoms with Crippen LogP contribution in [0.1, 0.15) is 26.2 Å². The van der Waals surface area contributed by atoms with Gasteiger partial charge >= 0.3 is 0 Å². The molecule has 0 aliphatic rings. The summed E-state index contributed by atoms with van der Waals surface area (Å²) in [6, 6.07) is 0. The summed E-state index contributed by atoms with van der Waals surface area (Å²) in [5.41, 5.74) is 5.27. The van der Waals surface area contributed by atoms with Crippen molar-refractivity contribution in [2.45, 2.75) is 26.2 Å². The lowest BCUT2D eigenvalue weighted by Crippen LogP contribution is -2.16. The number of nitrogens with one attached hydrogen (secondary N) is 1. The molecule has 10 heavy (non-hydrogen) atoms. The lowest BCUT2D eigenvalue weighted by atomic mass is 10.2. The van der Waals surface area contributed by atoms with Gasteiger partial charge in [0.25, 0.3) is 0 Å². The molecule has 3 N–H and O–H groups in total. The molecule has 0 fully saturated rings. The predicted octanol–water partition coefficient (Wildman–Crippen LogP) is 1.24. The molecule has 0 aromatic carbocycles. The van der Waals surface area contributed by atoms with E-state index in [0.717, 1.165) is 6.54 Å². The molecule has 0 aromatic rings. The van der Waals surface area contributed by atoms with Gasteiger partial charge in [-0.1, -0.05) is 25.8 Å². The molecule has 0 bridgehead atoms. The minimum absolute atomic E-state index is 0.706. The van der Waals surface area contributed by atoms with Crippen LogP contribution in [0.4, 0.5) is 0 Å². The zero-order chi connectivity index (χ0) is 7.66. The lowest BCUT2D eigenvalue weighted by molar-refractivity contribution is 0.797. The lowest BCUT2D eigenvalue weighted by Gasteiger charge is -1.94. The molecule has 60 valence electrons. The fraction of sp³-hybridized carbons (Fsp3) is 0.750. The number of nitrogens with two attached hydrogens (primary N) is 1. The topological polar surface area (TPSA) is 38.0 Å². The summed E-state index contributed by atoms with van der Waals surface area (Å²) >= 11 is 0. The van der Waals surface area contributed by atoms with Gasteiger partial charge in [-0.2, -0.15) is 0 Å². The Morgan fingerprint density at radius 1 is 1.50 bits per heavy atom. The van der Waals surface area contributed by atoms with Crippen molar-refractivity contribution in [2.24, 2.45) is 5.73 Å². The van der Waals surface area contributed by atoms with Crippen LogP contribution in [0.25, 0.3) is 0 Å². The van der Waals surface area contributed by atoms with E-state index >= 15 is 0 Å². The van der Waals surface area contributed by atoms with E-state index in [0.29, 0.717) is 6.54 Å². The average molecular weight is 142 g/mol. The van der Waals surface area contributed by atoms with Crippen LogP contribution in [-0.2, 0) is 0 Å². The summed E-state index contributed by atoms with van der Waals surface area (Å²) in [6.07, 6.45) is 7.86. The minimum atomic E-state index is 0.706. The Bertz CT molecular complexity index is 69.3. The number of rotatable bonds is 6. The van der Waals surface area contributed by atoms with Gasteiger partial charge in [0.05, 0.1) is 0 Å². The molecule has 0 amide bonds. The van der Waals surface area contributed by atoms with E-state index in [1.165, 1.54) is 19.3 Å². The SMILES string of the molecule is CCCC/C=C/NCCN. The number of hydrogen-bond donors (Lipinski definition) is 2. The molecule has 0 radical (unpaired) electrons. The number of allylic oxidation sites excluding steroid dienone is 1. The molecule has 0 aromatic heterocycles. The molecule has 0 saturated heterocycles. The van der Waals surface area contributed by atoms with Gasteiger partial charge in [0.2, 0.25) is 0 Å². The highest BCUT2D eigenvalue weighted by Crippen LogP contribution is 1.93. The van der Waals surface area contributed by atoms with E-state index in [2.05, 4.69) is 18.3 Å². The highest BCUT2D eigenvalue weighted by molar-refractivity contribution is 4.78. The maximum Gasteiger partial charge on any atom is 0.0264 e. The second kappa shape index (κ2) is 8.50. The van der Waals surface area contributed by atoms with Gasteiger partial charge in [-0.05, 0) is 12.6 Å². The van der Waals surface area contributed by atoms with E-state index in [1.807, 2.05) is 6.20 Å². The maximum absolute atomic E-state index is 5.27. The van der Waals surface area contributed by atoms with Gasteiger partial charge in [-0.25, -0.2) is 0 Å². The Morgan fingerprint density at radius 2 is 2.30 bits per heavy atom. The molecule has 0 aliphatic heterocycles. The summed E-state index contributed by atoms with van der Waals surface area (Å²) in [6.45, 7) is 3.78. The molecule has 0 unspecified atom stereocenters. The summed E-state index contributed by atoms with van der Waals surface area (Å²) in [4.78, 5) is 0. The number of unbranched alkanes of at least 4 members (excludes halogenated alkanes) is 2. The highest BCUT2D eigenvalue weighted by atomic mass is 14.8. The molecular weight excluding hydrogens is 124 g/mol. The fourth-order valence-corrected chi connectivity index (χ4v) is 0.655. The standard InChI is InChI=1S/C8H18N2/c1-2-3-4-5-7-10-8-6-9/h5,7,10H,2-4,6,8-9H2,1H3/b7-5+. The maximum atomic E-state index is 5.27.